The summed E-state index contributed by atoms with van der Waals surface area (Å²) in [5.74, 6) is -1.31. The lowest BCUT2D eigenvalue weighted by atomic mass is 9.95. The number of carbonyl (C=O) groups excluding carboxylic acids is 1. The number of ether oxygens (including phenoxy) is 2. The first-order valence-corrected chi connectivity index (χ1v) is 10.9. The van der Waals surface area contributed by atoms with Gasteiger partial charge in [0.1, 0.15) is 12.1 Å². The second-order valence-electron chi connectivity index (χ2n) is 7.91. The average molecular weight is 430 g/mol. The van der Waals surface area contributed by atoms with Crippen molar-refractivity contribution in [2.75, 3.05) is 12.9 Å². The molecule has 0 aromatic heterocycles. The monoisotopic (exact) mass is 429 g/mol. The van der Waals surface area contributed by atoms with Gasteiger partial charge in [0.15, 0.2) is 0 Å². The molecular weight excluding hydrogens is 394 g/mol. The SMILES string of the molecule is CO[C@@H]1/C=C/[C@](C)(O)[C@H](SC[C@H](N)C(=O)O)CC(=O)O[C@H](C)[C@@H](C)CC/C=C/1C. The van der Waals surface area contributed by atoms with Crippen LogP contribution < -0.4 is 5.73 Å². The van der Waals surface area contributed by atoms with Gasteiger partial charge in [-0.2, -0.15) is 11.8 Å². The third-order valence-corrected chi connectivity index (χ3v) is 6.91. The van der Waals surface area contributed by atoms with Gasteiger partial charge in [-0.1, -0.05) is 25.2 Å². The zero-order valence-corrected chi connectivity index (χ0v) is 18.8. The fraction of sp³-hybridized carbons (Fsp3) is 0.714. The maximum atomic E-state index is 12.5. The summed E-state index contributed by atoms with van der Waals surface area (Å²) in [5.41, 5.74) is 5.25. The molecule has 1 aliphatic rings. The Labute approximate surface area is 177 Å². The van der Waals surface area contributed by atoms with Crippen LogP contribution in [-0.4, -0.2) is 64.1 Å². The summed E-state index contributed by atoms with van der Waals surface area (Å²) in [5, 5.41) is 19.5. The summed E-state index contributed by atoms with van der Waals surface area (Å²) < 4.78 is 11.1. The van der Waals surface area contributed by atoms with Crippen LogP contribution >= 0.6 is 11.8 Å². The minimum atomic E-state index is -1.39. The molecule has 0 spiro atoms. The highest BCUT2D eigenvalue weighted by Gasteiger charge is 2.34. The first-order chi connectivity index (χ1) is 13.5. The molecule has 0 aromatic rings. The van der Waals surface area contributed by atoms with E-state index in [1.54, 1.807) is 26.2 Å². The van der Waals surface area contributed by atoms with Crippen molar-refractivity contribution in [2.45, 2.75) is 76.1 Å². The van der Waals surface area contributed by atoms with Crippen molar-refractivity contribution in [3.05, 3.63) is 23.8 Å². The minimum absolute atomic E-state index is 0.0577. The van der Waals surface area contributed by atoms with Gasteiger partial charge >= 0.3 is 11.9 Å². The van der Waals surface area contributed by atoms with Crippen LogP contribution in [0.15, 0.2) is 23.8 Å². The molecule has 0 bridgehead atoms. The normalized spacial score (nSPS) is 36.2. The van der Waals surface area contributed by atoms with Crippen LogP contribution in [0.25, 0.3) is 0 Å². The molecule has 7 nitrogen and oxygen atoms in total. The van der Waals surface area contributed by atoms with Gasteiger partial charge in [0.05, 0.1) is 18.1 Å². The van der Waals surface area contributed by atoms with Crippen molar-refractivity contribution in [2.24, 2.45) is 11.7 Å². The van der Waals surface area contributed by atoms with Crippen LogP contribution in [0.3, 0.4) is 0 Å². The number of allylic oxidation sites excluding steroid dienone is 1. The molecule has 0 amide bonds. The molecule has 0 fully saturated rings. The predicted molar refractivity (Wildman–Crippen MR) is 115 cm³/mol. The number of esters is 1. The Bertz CT molecular complexity index is 618. The highest BCUT2D eigenvalue weighted by Crippen LogP contribution is 2.30. The molecule has 0 aliphatic carbocycles. The Kier molecular flexibility index (Phi) is 10.4. The Morgan fingerprint density at radius 3 is 2.72 bits per heavy atom. The summed E-state index contributed by atoms with van der Waals surface area (Å²) in [6.07, 6.45) is 6.56. The number of rotatable bonds is 5. The van der Waals surface area contributed by atoms with Crippen LogP contribution in [0.2, 0.25) is 0 Å². The van der Waals surface area contributed by atoms with E-state index in [-0.39, 0.29) is 30.3 Å². The first-order valence-electron chi connectivity index (χ1n) is 9.88. The molecule has 166 valence electrons. The maximum Gasteiger partial charge on any atom is 0.321 e. The minimum Gasteiger partial charge on any atom is -0.480 e. The molecule has 1 rings (SSSR count). The van der Waals surface area contributed by atoms with Crippen molar-refractivity contribution in [3.63, 3.8) is 0 Å². The molecule has 0 aromatic carbocycles. The molecule has 8 heteroatoms. The van der Waals surface area contributed by atoms with E-state index in [4.69, 9.17) is 20.3 Å². The van der Waals surface area contributed by atoms with E-state index >= 15 is 0 Å². The van der Waals surface area contributed by atoms with E-state index in [0.717, 1.165) is 30.2 Å². The second-order valence-corrected chi connectivity index (χ2v) is 9.15. The molecular formula is C21H35NO6S. The number of carbonyl (C=O) groups is 2. The summed E-state index contributed by atoms with van der Waals surface area (Å²) >= 11 is 1.15. The zero-order chi connectivity index (χ0) is 22.2. The summed E-state index contributed by atoms with van der Waals surface area (Å²) in [7, 11) is 1.60. The molecule has 0 saturated carbocycles. The Balaban J connectivity index is 3.17. The van der Waals surface area contributed by atoms with E-state index in [1.165, 1.54) is 0 Å². The van der Waals surface area contributed by atoms with Crippen LogP contribution in [0.1, 0.15) is 47.0 Å². The average Bonchev–Trinajstić information content (AvgIpc) is 2.63. The number of aliphatic carboxylic acids is 1. The highest BCUT2D eigenvalue weighted by atomic mass is 32.2. The maximum absolute atomic E-state index is 12.5. The van der Waals surface area contributed by atoms with Gasteiger partial charge < -0.3 is 25.4 Å². The van der Waals surface area contributed by atoms with Crippen molar-refractivity contribution in [1.29, 1.82) is 0 Å². The van der Waals surface area contributed by atoms with Crippen LogP contribution in [-0.2, 0) is 19.1 Å². The van der Waals surface area contributed by atoms with E-state index in [0.29, 0.717) is 0 Å². The van der Waals surface area contributed by atoms with Gasteiger partial charge in [0.25, 0.3) is 0 Å². The number of carboxylic acid groups (broad SMARTS) is 1. The largest absolute Gasteiger partial charge is 0.480 e. The molecule has 1 aliphatic heterocycles. The number of cyclic esters (lactones) is 1. The topological polar surface area (TPSA) is 119 Å². The first kappa shape index (κ1) is 25.7. The lowest BCUT2D eigenvalue weighted by Crippen LogP contribution is -2.40. The number of hydrogen-bond acceptors (Lipinski definition) is 7. The summed E-state index contributed by atoms with van der Waals surface area (Å²) in [4.78, 5) is 23.5. The van der Waals surface area contributed by atoms with Gasteiger partial charge in [-0.05, 0) is 45.1 Å². The van der Waals surface area contributed by atoms with Crippen LogP contribution in [0, 0.1) is 5.92 Å². The molecule has 1 heterocycles. The molecule has 4 N–H and O–H groups in total. The second kappa shape index (κ2) is 11.7. The van der Waals surface area contributed by atoms with E-state index in [1.807, 2.05) is 20.8 Å². The zero-order valence-electron chi connectivity index (χ0n) is 18.0. The fourth-order valence-corrected chi connectivity index (χ4v) is 4.23. The third-order valence-electron chi connectivity index (χ3n) is 5.32. The molecule has 6 atom stereocenters. The number of methoxy groups -OCH3 is 1. The van der Waals surface area contributed by atoms with Gasteiger partial charge in [-0.25, -0.2) is 0 Å². The smallest absolute Gasteiger partial charge is 0.321 e. The van der Waals surface area contributed by atoms with E-state index in [2.05, 4.69) is 6.08 Å². The predicted octanol–water partition coefficient (Wildman–Crippen LogP) is 2.52. The number of thioether (sulfide) groups is 1. The van der Waals surface area contributed by atoms with Crippen molar-refractivity contribution >= 4 is 23.7 Å². The van der Waals surface area contributed by atoms with E-state index < -0.39 is 28.8 Å². The molecule has 0 saturated heterocycles. The number of hydrogen-bond donors (Lipinski definition) is 3. The number of nitrogens with two attached hydrogens (primary N) is 1. The lowest BCUT2D eigenvalue weighted by Gasteiger charge is -2.31. The summed E-state index contributed by atoms with van der Waals surface area (Å²) in [6.45, 7) is 7.47. The Hall–Kier alpha value is -1.35. The Morgan fingerprint density at radius 1 is 1.48 bits per heavy atom. The van der Waals surface area contributed by atoms with Gasteiger partial charge in [-0.15, -0.1) is 0 Å². The van der Waals surface area contributed by atoms with Gasteiger partial charge in [0, 0.05) is 18.1 Å². The van der Waals surface area contributed by atoms with Crippen molar-refractivity contribution < 1.29 is 29.3 Å². The van der Waals surface area contributed by atoms with Crippen LogP contribution in [0.5, 0.6) is 0 Å². The van der Waals surface area contributed by atoms with Gasteiger partial charge in [-0.3, -0.25) is 9.59 Å². The fourth-order valence-electron chi connectivity index (χ4n) is 2.98. The molecule has 29 heavy (non-hydrogen) atoms. The Morgan fingerprint density at radius 2 is 2.14 bits per heavy atom. The standard InChI is InChI=1S/C21H35NO6S/c1-13-7-6-8-14(2)17(27-5)9-10-21(4,26)18(11-19(23)28-15(13)3)29-12-16(22)20(24)25/h8-10,13,15-18,26H,6-7,11-12,22H2,1-5H3,(H,24,25)/b10-9+,14-8+/t13-,15+,16-,17+,18+,21-/m0/s1. The quantitative estimate of drug-likeness (QED) is 0.451. The molecule has 0 radical (unpaired) electrons. The number of carboxylic acids is 1. The molecule has 0 unspecified atom stereocenters. The van der Waals surface area contributed by atoms with Gasteiger partial charge in [0.2, 0.25) is 0 Å². The third kappa shape index (κ3) is 8.50. The van der Waals surface area contributed by atoms with Crippen LogP contribution in [0.4, 0.5) is 0 Å². The summed E-state index contributed by atoms with van der Waals surface area (Å²) in [6, 6.07) is -1.08. The van der Waals surface area contributed by atoms with Crippen molar-refractivity contribution in [3.8, 4) is 0 Å². The highest BCUT2D eigenvalue weighted by molar-refractivity contribution is 8.00. The number of aliphatic hydroxyl groups is 1. The van der Waals surface area contributed by atoms with E-state index in [9.17, 15) is 14.7 Å². The lowest BCUT2D eigenvalue weighted by molar-refractivity contribution is -0.151. The van der Waals surface area contributed by atoms with Crippen molar-refractivity contribution in [1.82, 2.24) is 0 Å².